The quantitative estimate of drug-likeness (QED) is 0.648. The van der Waals surface area contributed by atoms with E-state index in [4.69, 9.17) is 15.1 Å². The maximum Gasteiger partial charge on any atom is 0.336 e. The van der Waals surface area contributed by atoms with E-state index in [2.05, 4.69) is 10.1 Å². The van der Waals surface area contributed by atoms with E-state index >= 15 is 0 Å². The van der Waals surface area contributed by atoms with Crippen molar-refractivity contribution in [2.75, 3.05) is 0 Å². The van der Waals surface area contributed by atoms with Crippen molar-refractivity contribution in [3.8, 4) is 0 Å². The average molecular weight is 186 g/mol. The van der Waals surface area contributed by atoms with Crippen LogP contribution in [0.1, 0.15) is 24.7 Å². The summed E-state index contributed by atoms with van der Waals surface area (Å²) in [6.07, 6.45) is -0.520. The van der Waals surface area contributed by atoms with Crippen LogP contribution in [-0.4, -0.2) is 16.2 Å². The molecule has 0 bridgehead atoms. The molecule has 1 atom stereocenters. The molecule has 7 heteroatoms. The predicted molar refractivity (Wildman–Crippen MR) is 41.3 cm³/mol. The second-order valence-corrected chi connectivity index (χ2v) is 2.41. The van der Waals surface area contributed by atoms with Crippen LogP contribution in [0.25, 0.3) is 0 Å². The number of aryl methyl sites for hydroxylation is 1. The molecule has 1 aromatic rings. The van der Waals surface area contributed by atoms with Gasteiger partial charge in [-0.1, -0.05) is 5.16 Å². The first-order chi connectivity index (χ1) is 6.09. The van der Waals surface area contributed by atoms with Crippen molar-refractivity contribution in [1.29, 1.82) is 0 Å². The van der Waals surface area contributed by atoms with Gasteiger partial charge in [-0.2, -0.15) is 4.98 Å². The highest BCUT2D eigenvalue weighted by atomic mass is 16.7. The Bertz CT molecular complexity index is 298. The number of amides is 2. The summed E-state index contributed by atoms with van der Waals surface area (Å²) in [5, 5.41) is 3.55. The SMILES string of the molecule is Cc1noc(C(C)ONC(N)=O)n1. The van der Waals surface area contributed by atoms with Crippen molar-refractivity contribution in [2.45, 2.75) is 20.0 Å². The molecule has 1 aromatic heterocycles. The molecular weight excluding hydrogens is 176 g/mol. The summed E-state index contributed by atoms with van der Waals surface area (Å²) in [5.41, 5.74) is 6.75. The van der Waals surface area contributed by atoms with Gasteiger partial charge >= 0.3 is 6.03 Å². The van der Waals surface area contributed by atoms with E-state index in [-0.39, 0.29) is 5.89 Å². The number of nitrogens with two attached hydrogens (primary N) is 1. The standard InChI is InChI=1S/C6H10N4O3/c1-3(12-10-6(7)11)5-8-4(2)9-13-5/h3H,1-2H3,(H3,7,10,11). The second kappa shape index (κ2) is 3.85. The van der Waals surface area contributed by atoms with E-state index < -0.39 is 12.1 Å². The van der Waals surface area contributed by atoms with E-state index in [0.29, 0.717) is 5.82 Å². The molecule has 13 heavy (non-hydrogen) atoms. The third kappa shape index (κ3) is 2.71. The van der Waals surface area contributed by atoms with Gasteiger partial charge in [0, 0.05) is 0 Å². The van der Waals surface area contributed by atoms with Gasteiger partial charge in [0.2, 0.25) is 0 Å². The maximum absolute atomic E-state index is 10.3. The fourth-order valence-electron chi connectivity index (χ4n) is 0.675. The summed E-state index contributed by atoms with van der Waals surface area (Å²) in [6.45, 7) is 3.32. The van der Waals surface area contributed by atoms with Crippen LogP contribution < -0.4 is 11.2 Å². The summed E-state index contributed by atoms with van der Waals surface area (Å²) in [7, 11) is 0. The Balaban J connectivity index is 2.48. The van der Waals surface area contributed by atoms with Gasteiger partial charge in [0.15, 0.2) is 11.9 Å². The number of carbonyl (C=O) groups excluding carboxylic acids is 1. The van der Waals surface area contributed by atoms with Crippen LogP contribution in [0.5, 0.6) is 0 Å². The van der Waals surface area contributed by atoms with E-state index in [1.165, 1.54) is 0 Å². The number of nitrogens with one attached hydrogen (secondary N) is 1. The lowest BCUT2D eigenvalue weighted by atomic mass is 10.4. The topological polar surface area (TPSA) is 103 Å². The predicted octanol–water partition coefficient (Wildman–Crippen LogP) is 0.0389. The van der Waals surface area contributed by atoms with Crippen LogP contribution in [0.4, 0.5) is 4.79 Å². The lowest BCUT2D eigenvalue weighted by Gasteiger charge is -2.06. The fourth-order valence-corrected chi connectivity index (χ4v) is 0.675. The van der Waals surface area contributed by atoms with Crippen molar-refractivity contribution >= 4 is 6.03 Å². The van der Waals surface area contributed by atoms with Crippen LogP contribution in [0.2, 0.25) is 0 Å². The zero-order valence-corrected chi connectivity index (χ0v) is 7.27. The molecule has 72 valence electrons. The Morgan fingerprint density at radius 2 is 2.46 bits per heavy atom. The molecule has 0 aliphatic rings. The molecule has 1 heterocycles. The summed E-state index contributed by atoms with van der Waals surface area (Å²) in [6, 6.07) is -0.775. The molecule has 7 nitrogen and oxygen atoms in total. The highest BCUT2D eigenvalue weighted by molar-refractivity contribution is 5.70. The van der Waals surface area contributed by atoms with Crippen LogP contribution in [0.15, 0.2) is 4.52 Å². The number of aromatic nitrogens is 2. The molecule has 1 rings (SSSR count). The van der Waals surface area contributed by atoms with E-state index in [1.807, 2.05) is 5.48 Å². The van der Waals surface area contributed by atoms with Gasteiger partial charge in [-0.15, -0.1) is 0 Å². The first-order valence-electron chi connectivity index (χ1n) is 3.61. The van der Waals surface area contributed by atoms with Crippen molar-refractivity contribution in [2.24, 2.45) is 5.73 Å². The number of nitrogens with zero attached hydrogens (tertiary/aromatic N) is 2. The Kier molecular flexibility index (Phi) is 2.80. The Hall–Kier alpha value is -1.63. The Morgan fingerprint density at radius 1 is 1.77 bits per heavy atom. The summed E-state index contributed by atoms with van der Waals surface area (Å²) in [4.78, 5) is 18.9. The third-order valence-corrected chi connectivity index (χ3v) is 1.23. The molecule has 0 spiro atoms. The van der Waals surface area contributed by atoms with Crippen LogP contribution in [0.3, 0.4) is 0 Å². The fraction of sp³-hybridized carbons (Fsp3) is 0.500. The molecule has 3 N–H and O–H groups in total. The van der Waals surface area contributed by atoms with E-state index in [1.54, 1.807) is 13.8 Å². The summed E-state index contributed by atoms with van der Waals surface area (Å²) < 4.78 is 4.78. The van der Waals surface area contributed by atoms with Crippen molar-refractivity contribution in [3.05, 3.63) is 11.7 Å². The van der Waals surface area contributed by atoms with Crippen molar-refractivity contribution in [3.63, 3.8) is 0 Å². The molecule has 1 unspecified atom stereocenters. The summed E-state index contributed by atoms with van der Waals surface area (Å²) in [5.74, 6) is 0.788. The lowest BCUT2D eigenvalue weighted by molar-refractivity contribution is -0.00956. The molecule has 0 saturated carbocycles. The average Bonchev–Trinajstić information content (AvgIpc) is 2.47. The van der Waals surface area contributed by atoms with Gasteiger partial charge in [-0.05, 0) is 13.8 Å². The minimum atomic E-state index is -0.775. The maximum atomic E-state index is 10.3. The monoisotopic (exact) mass is 186 g/mol. The Labute approximate surface area is 74.2 Å². The number of rotatable bonds is 3. The van der Waals surface area contributed by atoms with Crippen LogP contribution in [0, 0.1) is 6.92 Å². The minimum absolute atomic E-state index is 0.284. The molecule has 0 aliphatic heterocycles. The highest BCUT2D eigenvalue weighted by Crippen LogP contribution is 2.11. The number of carbonyl (C=O) groups is 1. The van der Waals surface area contributed by atoms with E-state index in [9.17, 15) is 4.79 Å². The molecule has 0 radical (unpaired) electrons. The molecule has 0 saturated heterocycles. The number of hydrogen-bond acceptors (Lipinski definition) is 5. The van der Waals surface area contributed by atoms with Crippen molar-refractivity contribution < 1.29 is 14.2 Å². The first kappa shape index (κ1) is 9.46. The molecule has 0 aromatic carbocycles. The Morgan fingerprint density at radius 3 is 2.92 bits per heavy atom. The second-order valence-electron chi connectivity index (χ2n) is 2.41. The molecule has 2 amide bonds. The van der Waals surface area contributed by atoms with Gasteiger partial charge < -0.3 is 10.3 Å². The van der Waals surface area contributed by atoms with Crippen molar-refractivity contribution in [1.82, 2.24) is 15.6 Å². The number of hydroxylamine groups is 1. The normalized spacial score (nSPS) is 12.5. The first-order valence-corrected chi connectivity index (χ1v) is 3.61. The highest BCUT2D eigenvalue weighted by Gasteiger charge is 2.13. The van der Waals surface area contributed by atoms with Crippen LogP contribution >= 0.6 is 0 Å². The molecule has 0 fully saturated rings. The minimum Gasteiger partial charge on any atom is -0.350 e. The van der Waals surface area contributed by atoms with E-state index in [0.717, 1.165) is 0 Å². The van der Waals surface area contributed by atoms with Crippen LogP contribution in [-0.2, 0) is 4.84 Å². The smallest absolute Gasteiger partial charge is 0.336 e. The summed E-state index contributed by atoms with van der Waals surface area (Å²) >= 11 is 0. The molecule has 0 aliphatic carbocycles. The van der Waals surface area contributed by atoms with Gasteiger partial charge in [-0.25, -0.2) is 10.3 Å². The lowest BCUT2D eigenvalue weighted by Crippen LogP contribution is -2.30. The number of urea groups is 1. The van der Waals surface area contributed by atoms with Gasteiger partial charge in [0.25, 0.3) is 5.89 Å². The third-order valence-electron chi connectivity index (χ3n) is 1.23. The van der Waals surface area contributed by atoms with Gasteiger partial charge in [0.05, 0.1) is 0 Å². The zero-order valence-electron chi connectivity index (χ0n) is 7.27. The molecular formula is C6H10N4O3. The number of hydrogen-bond donors (Lipinski definition) is 2. The van der Waals surface area contributed by atoms with Gasteiger partial charge in [-0.3, -0.25) is 4.84 Å². The van der Waals surface area contributed by atoms with Gasteiger partial charge in [0.1, 0.15) is 0 Å². The largest absolute Gasteiger partial charge is 0.350 e. The zero-order chi connectivity index (χ0) is 9.84. The number of primary amides is 1.